The minimum Gasteiger partial charge on any atom is -0.496 e. The lowest BCUT2D eigenvalue weighted by molar-refractivity contribution is 0.00994. The Hall–Kier alpha value is -3.10. The van der Waals surface area contributed by atoms with Crippen LogP contribution in [0, 0.1) is 11.8 Å². The molecular formula is C29H39N3O5. The molecule has 0 spiro atoms. The number of rotatable bonds is 6. The lowest BCUT2D eigenvalue weighted by Gasteiger charge is -2.36. The minimum atomic E-state index is -0.315. The van der Waals surface area contributed by atoms with E-state index in [1.807, 2.05) is 6.07 Å². The molecule has 0 bridgehead atoms. The average Bonchev–Trinajstić information content (AvgIpc) is 3.73. The Morgan fingerprint density at radius 2 is 1.86 bits per heavy atom. The van der Waals surface area contributed by atoms with Crippen molar-refractivity contribution in [3.8, 4) is 11.5 Å². The first kappa shape index (κ1) is 26.9. The van der Waals surface area contributed by atoms with Crippen molar-refractivity contribution in [1.82, 2.24) is 9.80 Å². The molecule has 4 rings (SSSR count). The molecule has 2 aliphatic rings. The van der Waals surface area contributed by atoms with Gasteiger partial charge in [-0.3, -0.25) is 14.5 Å². The van der Waals surface area contributed by atoms with Gasteiger partial charge in [-0.1, -0.05) is 19.1 Å². The van der Waals surface area contributed by atoms with Crippen LogP contribution in [0.15, 0.2) is 42.5 Å². The van der Waals surface area contributed by atoms with Crippen molar-refractivity contribution in [2.45, 2.75) is 38.8 Å². The molecule has 8 nitrogen and oxygen atoms in total. The molecule has 0 radical (unpaired) electrons. The summed E-state index contributed by atoms with van der Waals surface area (Å²) >= 11 is 0. The summed E-state index contributed by atoms with van der Waals surface area (Å²) in [5, 5.41) is 2.90. The second kappa shape index (κ2) is 12.0. The normalized spacial score (nSPS) is 23.3. The molecule has 3 atom stereocenters. The first-order chi connectivity index (χ1) is 17.8. The van der Waals surface area contributed by atoms with Crippen LogP contribution in [0.25, 0.3) is 0 Å². The fraction of sp³-hybridized carbons (Fsp3) is 0.517. The number of para-hydroxylation sites is 1. The molecule has 1 aliphatic carbocycles. The average molecular weight is 510 g/mol. The van der Waals surface area contributed by atoms with E-state index in [-0.39, 0.29) is 29.9 Å². The number of carbonyl (C=O) groups excluding carboxylic acids is 2. The zero-order valence-corrected chi connectivity index (χ0v) is 22.5. The van der Waals surface area contributed by atoms with E-state index in [0.717, 1.165) is 19.0 Å². The summed E-state index contributed by atoms with van der Waals surface area (Å²) in [6.45, 7) is 7.24. The molecule has 0 saturated heterocycles. The number of benzene rings is 2. The number of nitrogens with zero attached hydrogens (tertiary/aromatic N) is 2. The third kappa shape index (κ3) is 6.62. The van der Waals surface area contributed by atoms with Crippen molar-refractivity contribution in [2.24, 2.45) is 11.8 Å². The Labute approximate surface area is 219 Å². The van der Waals surface area contributed by atoms with Crippen molar-refractivity contribution in [3.05, 3.63) is 53.6 Å². The van der Waals surface area contributed by atoms with Gasteiger partial charge in [0, 0.05) is 45.5 Å². The van der Waals surface area contributed by atoms with Crippen LogP contribution in [0.4, 0.5) is 5.69 Å². The van der Waals surface area contributed by atoms with Crippen molar-refractivity contribution in [3.63, 3.8) is 0 Å². The maximum Gasteiger partial charge on any atom is 0.259 e. The predicted molar refractivity (Wildman–Crippen MR) is 144 cm³/mol. The molecule has 8 heteroatoms. The first-order valence-corrected chi connectivity index (χ1v) is 13.0. The molecule has 1 aliphatic heterocycles. The number of nitrogens with one attached hydrogen (secondary N) is 1. The molecule has 2 aromatic carbocycles. The standard InChI is InChI=1S/C29H39N3O5/c1-19-15-32(16-21-10-11-21)20(2)18-37-26-13-12-22(14-24(26)29(34)31(3)17-27(19)36-5)30-28(33)23-8-6-7-9-25(23)35-4/h6-9,12-14,19-21,27H,10-11,15-18H2,1-5H3,(H,30,33)/t19-,20+,27-/m0/s1. The van der Waals surface area contributed by atoms with Crippen LogP contribution >= 0.6 is 0 Å². The Balaban J connectivity index is 1.61. The Kier molecular flexibility index (Phi) is 8.71. The molecule has 1 N–H and O–H groups in total. The monoisotopic (exact) mass is 509 g/mol. The van der Waals surface area contributed by atoms with Crippen molar-refractivity contribution in [2.75, 3.05) is 52.8 Å². The van der Waals surface area contributed by atoms with Crippen LogP contribution in [0.2, 0.25) is 0 Å². The molecule has 0 unspecified atom stereocenters. The van der Waals surface area contributed by atoms with Crippen molar-refractivity contribution >= 4 is 17.5 Å². The van der Waals surface area contributed by atoms with E-state index in [1.165, 1.54) is 20.0 Å². The fourth-order valence-electron chi connectivity index (χ4n) is 4.85. The number of ether oxygens (including phenoxy) is 3. The van der Waals surface area contributed by atoms with Gasteiger partial charge in [-0.25, -0.2) is 0 Å². The highest BCUT2D eigenvalue weighted by molar-refractivity contribution is 6.07. The van der Waals surface area contributed by atoms with E-state index < -0.39 is 0 Å². The van der Waals surface area contributed by atoms with Crippen LogP contribution in [0.5, 0.6) is 11.5 Å². The van der Waals surface area contributed by atoms with Crippen LogP contribution in [0.3, 0.4) is 0 Å². The van der Waals surface area contributed by atoms with Crippen molar-refractivity contribution < 1.29 is 23.8 Å². The van der Waals surface area contributed by atoms with Gasteiger partial charge in [-0.05, 0) is 61.9 Å². The highest BCUT2D eigenvalue weighted by Gasteiger charge is 2.31. The van der Waals surface area contributed by atoms with Gasteiger partial charge in [0.15, 0.2) is 0 Å². The number of methoxy groups -OCH3 is 2. The molecule has 2 amide bonds. The number of hydrogen-bond donors (Lipinski definition) is 1. The van der Waals surface area contributed by atoms with Gasteiger partial charge >= 0.3 is 0 Å². The molecule has 37 heavy (non-hydrogen) atoms. The largest absolute Gasteiger partial charge is 0.496 e. The maximum atomic E-state index is 13.6. The summed E-state index contributed by atoms with van der Waals surface area (Å²) < 4.78 is 17.4. The Bertz CT molecular complexity index is 1100. The summed E-state index contributed by atoms with van der Waals surface area (Å²) in [5.41, 5.74) is 1.33. The first-order valence-electron chi connectivity index (χ1n) is 13.0. The van der Waals surface area contributed by atoms with Gasteiger partial charge in [0.1, 0.15) is 18.1 Å². The summed E-state index contributed by atoms with van der Waals surface area (Å²) in [6, 6.07) is 12.4. The van der Waals surface area contributed by atoms with Crippen LogP contribution < -0.4 is 14.8 Å². The van der Waals surface area contributed by atoms with Gasteiger partial charge in [-0.15, -0.1) is 0 Å². The van der Waals surface area contributed by atoms with E-state index in [2.05, 4.69) is 24.1 Å². The highest BCUT2D eigenvalue weighted by Crippen LogP contribution is 2.32. The molecular weight excluding hydrogens is 470 g/mol. The summed E-state index contributed by atoms with van der Waals surface area (Å²) in [4.78, 5) is 30.7. The van der Waals surface area contributed by atoms with E-state index in [1.54, 1.807) is 55.5 Å². The zero-order valence-electron chi connectivity index (χ0n) is 22.5. The van der Waals surface area contributed by atoms with Gasteiger partial charge < -0.3 is 24.4 Å². The van der Waals surface area contributed by atoms with Gasteiger partial charge in [-0.2, -0.15) is 0 Å². The number of hydrogen-bond acceptors (Lipinski definition) is 6. The summed E-state index contributed by atoms with van der Waals surface area (Å²) in [7, 11) is 5.02. The molecule has 1 heterocycles. The van der Waals surface area contributed by atoms with Gasteiger partial charge in [0.05, 0.1) is 24.3 Å². The molecule has 0 aromatic heterocycles. The van der Waals surface area contributed by atoms with Crippen LogP contribution in [0.1, 0.15) is 47.4 Å². The fourth-order valence-corrected chi connectivity index (χ4v) is 4.85. The summed E-state index contributed by atoms with van der Waals surface area (Å²) in [5.74, 6) is 1.50. The highest BCUT2D eigenvalue weighted by atomic mass is 16.5. The maximum absolute atomic E-state index is 13.6. The van der Waals surface area contributed by atoms with Crippen molar-refractivity contribution in [1.29, 1.82) is 0 Å². The molecule has 2 aromatic rings. The third-order valence-electron chi connectivity index (χ3n) is 7.37. The molecule has 1 fully saturated rings. The number of carbonyl (C=O) groups is 2. The van der Waals surface area contributed by atoms with E-state index in [0.29, 0.717) is 41.5 Å². The number of anilines is 1. The van der Waals surface area contributed by atoms with Crippen LogP contribution in [-0.2, 0) is 4.74 Å². The third-order valence-corrected chi connectivity index (χ3v) is 7.37. The Morgan fingerprint density at radius 1 is 1.11 bits per heavy atom. The van der Waals surface area contributed by atoms with Gasteiger partial charge in [0.2, 0.25) is 0 Å². The second-order valence-corrected chi connectivity index (χ2v) is 10.4. The van der Waals surface area contributed by atoms with E-state index >= 15 is 0 Å². The summed E-state index contributed by atoms with van der Waals surface area (Å²) in [6.07, 6.45) is 2.48. The number of amides is 2. The van der Waals surface area contributed by atoms with Crippen LogP contribution in [-0.4, -0.2) is 81.3 Å². The minimum absolute atomic E-state index is 0.0971. The second-order valence-electron chi connectivity index (χ2n) is 10.4. The van der Waals surface area contributed by atoms with E-state index in [9.17, 15) is 9.59 Å². The van der Waals surface area contributed by atoms with E-state index in [4.69, 9.17) is 14.2 Å². The smallest absolute Gasteiger partial charge is 0.259 e. The topological polar surface area (TPSA) is 80.3 Å². The number of fused-ring (bicyclic) bond motifs is 1. The lowest BCUT2D eigenvalue weighted by Crippen LogP contribution is -2.47. The quantitative estimate of drug-likeness (QED) is 0.630. The zero-order chi connectivity index (χ0) is 26.5. The lowest BCUT2D eigenvalue weighted by atomic mass is 10.0. The Morgan fingerprint density at radius 3 is 2.57 bits per heavy atom. The molecule has 200 valence electrons. The number of likely N-dealkylation sites (N-methyl/N-ethyl adjacent to an activating group) is 1. The predicted octanol–water partition coefficient (Wildman–Crippen LogP) is 4.16. The van der Waals surface area contributed by atoms with Gasteiger partial charge in [0.25, 0.3) is 11.8 Å². The SMILES string of the molecule is COc1ccccc1C(=O)Nc1ccc2c(c1)C(=O)N(C)C[C@H](OC)[C@@H](C)CN(CC1CC1)[C@H](C)CO2. The molecule has 1 saturated carbocycles.